The Morgan fingerprint density at radius 3 is 2.60 bits per heavy atom. The molecule has 0 radical (unpaired) electrons. The third-order valence-electron chi connectivity index (χ3n) is 6.62. The highest BCUT2D eigenvalue weighted by atomic mass is 32.1. The molecule has 8 heteroatoms. The summed E-state index contributed by atoms with van der Waals surface area (Å²) in [6, 6.07) is 3.47. The number of fused-ring (bicyclic) bond motifs is 2. The average Bonchev–Trinajstić information content (AvgIpc) is 3.42. The maximum absolute atomic E-state index is 13.2. The second kappa shape index (κ2) is 11.0. The Kier molecular flexibility index (Phi) is 8.51. The molecule has 2 aromatic rings. The Bertz CT molecular complexity index is 1120. The molecule has 0 unspecified atom stereocenters. The minimum atomic E-state index is -1.28. The molecule has 0 saturated carbocycles. The van der Waals surface area contributed by atoms with Crippen LogP contribution in [-0.2, 0) is 20.7 Å². The van der Waals surface area contributed by atoms with Crippen molar-refractivity contribution in [2.45, 2.75) is 79.1 Å². The van der Waals surface area contributed by atoms with E-state index in [4.69, 9.17) is 9.15 Å². The molecule has 1 aliphatic rings. The van der Waals surface area contributed by atoms with Crippen LogP contribution in [0.1, 0.15) is 75.8 Å². The molecule has 0 saturated heterocycles. The summed E-state index contributed by atoms with van der Waals surface area (Å²) in [7, 11) is 0. The summed E-state index contributed by atoms with van der Waals surface area (Å²) >= 11 is 1.54. The van der Waals surface area contributed by atoms with Crippen LogP contribution in [0.15, 0.2) is 39.2 Å². The van der Waals surface area contributed by atoms with Gasteiger partial charge in [0.2, 0.25) is 0 Å². The van der Waals surface area contributed by atoms with Crippen molar-refractivity contribution in [3.63, 3.8) is 0 Å². The first kappa shape index (κ1) is 27.0. The van der Waals surface area contributed by atoms with Crippen LogP contribution in [0.5, 0.6) is 0 Å². The molecule has 2 aromatic heterocycles. The van der Waals surface area contributed by atoms with Crippen molar-refractivity contribution in [2.24, 2.45) is 11.3 Å². The lowest BCUT2D eigenvalue weighted by molar-refractivity contribution is -0.154. The summed E-state index contributed by atoms with van der Waals surface area (Å²) in [5.74, 6) is -0.819. The molecule has 0 aliphatic carbocycles. The molecule has 3 rings (SSSR count). The van der Waals surface area contributed by atoms with Crippen LogP contribution in [0.25, 0.3) is 6.08 Å². The van der Waals surface area contributed by atoms with Crippen molar-refractivity contribution in [2.75, 3.05) is 0 Å². The number of aromatic nitrogens is 1. The first-order chi connectivity index (χ1) is 16.4. The number of esters is 1. The Morgan fingerprint density at radius 2 is 1.94 bits per heavy atom. The van der Waals surface area contributed by atoms with Crippen molar-refractivity contribution in [3.05, 3.63) is 57.0 Å². The second-order valence-corrected chi connectivity index (χ2v) is 11.0. The molecule has 7 nitrogen and oxygen atoms in total. The van der Waals surface area contributed by atoms with Crippen LogP contribution < -0.4 is 0 Å². The van der Waals surface area contributed by atoms with Gasteiger partial charge in [-0.1, -0.05) is 32.4 Å². The molecule has 0 aromatic carbocycles. The van der Waals surface area contributed by atoms with Gasteiger partial charge in [-0.25, -0.2) is 4.98 Å². The smallest absolute Gasteiger partial charge is 0.309 e. The predicted molar refractivity (Wildman–Crippen MR) is 135 cm³/mol. The number of Topliss-reactive ketones (excluding diaryl/α,β-unsaturated/α-hetero) is 1. The number of allylic oxidation sites excluding steroid dienone is 1. The molecule has 2 bridgehead atoms. The van der Waals surface area contributed by atoms with Crippen molar-refractivity contribution in [1.29, 1.82) is 0 Å². The third kappa shape index (κ3) is 6.57. The molecule has 0 fully saturated rings. The number of aliphatic hydroxyl groups is 2. The van der Waals surface area contributed by atoms with E-state index in [0.717, 1.165) is 21.8 Å². The van der Waals surface area contributed by atoms with Crippen molar-refractivity contribution >= 4 is 29.2 Å². The second-order valence-electron chi connectivity index (χ2n) is 9.96. The molecule has 35 heavy (non-hydrogen) atoms. The summed E-state index contributed by atoms with van der Waals surface area (Å²) in [5.41, 5.74) is 1.36. The first-order valence-electron chi connectivity index (χ1n) is 11.8. The number of ether oxygens (including phenoxy) is 1. The minimum absolute atomic E-state index is 0.306. The summed E-state index contributed by atoms with van der Waals surface area (Å²) in [5, 5.41) is 24.5. The summed E-state index contributed by atoms with van der Waals surface area (Å²) in [6.45, 7) is 10.5. The molecular formula is C27H35NO6S. The van der Waals surface area contributed by atoms with Gasteiger partial charge in [-0.2, -0.15) is 0 Å². The Hall–Kier alpha value is -2.55. The van der Waals surface area contributed by atoms with Crippen molar-refractivity contribution < 1.29 is 29.0 Å². The summed E-state index contributed by atoms with van der Waals surface area (Å²) in [4.78, 5) is 30.5. The number of carbonyl (C=O) groups excluding carboxylic acids is 2. The van der Waals surface area contributed by atoms with E-state index in [0.29, 0.717) is 24.4 Å². The van der Waals surface area contributed by atoms with Crippen LogP contribution in [0.2, 0.25) is 0 Å². The number of carbonyl (C=O) groups is 2. The van der Waals surface area contributed by atoms with Crippen LogP contribution in [0, 0.1) is 18.3 Å². The topological polar surface area (TPSA) is 110 Å². The zero-order valence-corrected chi connectivity index (χ0v) is 22.0. The monoisotopic (exact) mass is 501 g/mol. The van der Waals surface area contributed by atoms with Crippen LogP contribution in [0.3, 0.4) is 0 Å². The molecule has 0 spiro atoms. The molecule has 4 atom stereocenters. The minimum Gasteiger partial charge on any atom is -0.463 e. The number of nitrogens with zero attached hydrogens (tertiary/aromatic N) is 1. The number of ketones is 1. The number of furan rings is 1. The Labute approximate surface area is 210 Å². The van der Waals surface area contributed by atoms with E-state index in [1.165, 1.54) is 0 Å². The Balaban J connectivity index is 1.95. The lowest BCUT2D eigenvalue weighted by Crippen LogP contribution is -2.43. The highest BCUT2D eigenvalue weighted by Crippen LogP contribution is 2.34. The first-order valence-corrected chi connectivity index (χ1v) is 12.7. The number of hydrogen-bond acceptors (Lipinski definition) is 8. The van der Waals surface area contributed by atoms with E-state index in [1.807, 2.05) is 38.3 Å². The lowest BCUT2D eigenvalue weighted by Gasteiger charge is -2.32. The van der Waals surface area contributed by atoms with Crippen LogP contribution >= 0.6 is 11.3 Å². The van der Waals surface area contributed by atoms with Crippen molar-refractivity contribution in [1.82, 2.24) is 4.98 Å². The average molecular weight is 502 g/mol. The van der Waals surface area contributed by atoms with Crippen LogP contribution in [-0.4, -0.2) is 39.2 Å². The van der Waals surface area contributed by atoms with Gasteiger partial charge in [-0.3, -0.25) is 9.59 Å². The quantitative estimate of drug-likeness (QED) is 0.442. The van der Waals surface area contributed by atoms with Gasteiger partial charge in [0.1, 0.15) is 29.5 Å². The van der Waals surface area contributed by atoms with Gasteiger partial charge in [0.05, 0.1) is 28.6 Å². The molecule has 1 aliphatic heterocycles. The molecule has 3 heterocycles. The summed E-state index contributed by atoms with van der Waals surface area (Å²) in [6.07, 6.45) is 1.54. The number of aryl methyl sites for hydroxylation is 1. The van der Waals surface area contributed by atoms with Gasteiger partial charge in [0, 0.05) is 24.1 Å². The molecule has 190 valence electrons. The van der Waals surface area contributed by atoms with Gasteiger partial charge in [-0.15, -0.1) is 11.3 Å². The lowest BCUT2D eigenvalue weighted by atomic mass is 9.74. The van der Waals surface area contributed by atoms with E-state index in [1.54, 1.807) is 44.2 Å². The largest absolute Gasteiger partial charge is 0.463 e. The van der Waals surface area contributed by atoms with E-state index in [-0.39, 0.29) is 12.2 Å². The number of cyclic esters (lactones) is 1. The van der Waals surface area contributed by atoms with E-state index < -0.39 is 35.6 Å². The zero-order valence-electron chi connectivity index (χ0n) is 21.2. The number of rotatable bonds is 2. The normalized spacial score (nSPS) is 28.3. The highest BCUT2D eigenvalue weighted by Gasteiger charge is 2.42. The number of aliphatic hydroxyl groups excluding tert-OH is 2. The zero-order chi connectivity index (χ0) is 25.9. The number of thiazole rings is 1. The maximum atomic E-state index is 13.2. The van der Waals surface area contributed by atoms with Crippen molar-refractivity contribution in [3.8, 4) is 0 Å². The number of hydrogen-bond donors (Lipinski definition) is 2. The van der Waals surface area contributed by atoms with Gasteiger partial charge in [-0.05, 0) is 44.6 Å². The summed E-state index contributed by atoms with van der Waals surface area (Å²) < 4.78 is 11.6. The maximum Gasteiger partial charge on any atom is 0.309 e. The van der Waals surface area contributed by atoms with Gasteiger partial charge >= 0.3 is 5.97 Å². The van der Waals surface area contributed by atoms with Crippen LogP contribution in [0.4, 0.5) is 0 Å². The Morgan fingerprint density at radius 1 is 1.23 bits per heavy atom. The highest BCUT2D eigenvalue weighted by molar-refractivity contribution is 7.09. The molecular weight excluding hydrogens is 466 g/mol. The fourth-order valence-corrected chi connectivity index (χ4v) is 4.73. The molecule has 2 N–H and O–H groups in total. The third-order valence-corrected chi connectivity index (χ3v) is 7.41. The van der Waals surface area contributed by atoms with Gasteiger partial charge < -0.3 is 19.4 Å². The molecule has 0 amide bonds. The van der Waals surface area contributed by atoms with E-state index >= 15 is 0 Å². The van der Waals surface area contributed by atoms with Gasteiger partial charge in [0.15, 0.2) is 0 Å². The van der Waals surface area contributed by atoms with Gasteiger partial charge in [0.25, 0.3) is 0 Å². The standard InChI is InChI=1S/C27H35NO6S/c1-15-7-9-21(16(2)12-19-14-35-18(4)28-19)34-24(30)13-23(29)27(5,6)26(32)17(3)25(31)22-10-8-20(11-15)33-22/h7-8,10,12,14,17,21,23,25,29,31H,9,11,13H2,1-6H3/b15-7+,16-12+/t17-,21-,23-,25+/m0/s1. The predicted octanol–water partition coefficient (Wildman–Crippen LogP) is 4.97. The fourth-order valence-electron chi connectivity index (χ4n) is 4.16. The van der Waals surface area contributed by atoms with E-state index in [2.05, 4.69) is 4.98 Å². The SMILES string of the molecule is C/C1=C\C[C@@H](/C(C)=C/c2csc(C)n2)OC(=O)C[C@H](O)C(C)(C)C(=O)[C@@H](C)[C@@H](O)c2ccc(o2)C1. The fraction of sp³-hybridized carbons (Fsp3) is 0.519. The van der Waals surface area contributed by atoms with E-state index in [9.17, 15) is 19.8 Å².